The van der Waals surface area contributed by atoms with Crippen LogP contribution in [0.1, 0.15) is 22.6 Å². The molecule has 0 bridgehead atoms. The van der Waals surface area contributed by atoms with Crippen molar-refractivity contribution < 1.29 is 9.47 Å². The van der Waals surface area contributed by atoms with Gasteiger partial charge in [0.05, 0.1) is 11.2 Å². The Morgan fingerprint density at radius 1 is 0.758 bits per heavy atom. The highest BCUT2D eigenvalue weighted by molar-refractivity contribution is 5.78. The number of para-hydroxylation sites is 2. The number of benzene rings is 3. The lowest BCUT2D eigenvalue weighted by molar-refractivity contribution is 0.293. The number of rotatable bonds is 9. The highest BCUT2D eigenvalue weighted by atomic mass is 16.5. The number of ether oxygens (including phenoxy) is 2. The first-order valence-electron chi connectivity index (χ1n) is 10.8. The summed E-state index contributed by atoms with van der Waals surface area (Å²) in [5.41, 5.74) is 4.22. The van der Waals surface area contributed by atoms with Gasteiger partial charge in [0.1, 0.15) is 18.1 Å². The molecule has 0 saturated carbocycles. The van der Waals surface area contributed by atoms with Crippen LogP contribution in [0.4, 0.5) is 0 Å². The van der Waals surface area contributed by atoms with Gasteiger partial charge in [-0.2, -0.15) is 5.21 Å². The molecule has 164 valence electrons. The molecule has 2 aromatic heterocycles. The van der Waals surface area contributed by atoms with Crippen LogP contribution in [0, 0.1) is 0 Å². The van der Waals surface area contributed by atoms with E-state index < -0.39 is 0 Å². The molecule has 0 atom stereocenters. The fourth-order valence-electron chi connectivity index (χ4n) is 3.65. The van der Waals surface area contributed by atoms with Gasteiger partial charge in [-0.25, -0.2) is 4.98 Å². The molecule has 0 spiro atoms. The Hall–Kier alpha value is -4.26. The Kier molecular flexibility index (Phi) is 6.20. The lowest BCUT2D eigenvalue weighted by Crippen LogP contribution is -2.02. The van der Waals surface area contributed by atoms with E-state index in [0.717, 1.165) is 46.5 Å². The Labute approximate surface area is 191 Å². The van der Waals surface area contributed by atoms with Crippen molar-refractivity contribution in [3.63, 3.8) is 0 Å². The SMILES string of the molecule is c1cc(CCc2ccccc2OCc2nn[nH]n2)cc(OCc2ccc3ccccc3n2)c1. The summed E-state index contributed by atoms with van der Waals surface area (Å²) in [6, 6.07) is 28.4. The van der Waals surface area contributed by atoms with Crippen LogP contribution in [0.5, 0.6) is 11.5 Å². The summed E-state index contributed by atoms with van der Waals surface area (Å²) in [5, 5.41) is 15.0. The van der Waals surface area contributed by atoms with Crippen molar-refractivity contribution in [3.8, 4) is 11.5 Å². The van der Waals surface area contributed by atoms with Gasteiger partial charge in [0.25, 0.3) is 0 Å². The quantitative estimate of drug-likeness (QED) is 0.360. The average molecular weight is 438 g/mol. The lowest BCUT2D eigenvalue weighted by atomic mass is 10.0. The minimum Gasteiger partial charge on any atom is -0.487 e. The molecule has 5 rings (SSSR count). The molecule has 5 aromatic rings. The zero-order chi connectivity index (χ0) is 22.3. The van der Waals surface area contributed by atoms with Crippen LogP contribution >= 0.6 is 0 Å². The molecule has 1 N–H and O–H groups in total. The van der Waals surface area contributed by atoms with Gasteiger partial charge in [-0.3, -0.25) is 0 Å². The van der Waals surface area contributed by atoms with E-state index >= 15 is 0 Å². The molecule has 7 heteroatoms. The summed E-state index contributed by atoms with van der Waals surface area (Å²) in [4.78, 5) is 4.68. The number of nitrogens with one attached hydrogen (secondary N) is 1. The average Bonchev–Trinajstić information content (AvgIpc) is 3.39. The minimum absolute atomic E-state index is 0.277. The molecule has 0 aliphatic rings. The second-order valence-electron chi connectivity index (χ2n) is 7.66. The molecule has 0 aliphatic heterocycles. The van der Waals surface area contributed by atoms with E-state index in [2.05, 4.69) is 55.9 Å². The lowest BCUT2D eigenvalue weighted by Gasteiger charge is -2.11. The van der Waals surface area contributed by atoms with Crippen molar-refractivity contribution in [2.75, 3.05) is 0 Å². The van der Waals surface area contributed by atoms with Gasteiger partial charge in [-0.05, 0) is 54.3 Å². The number of aryl methyl sites for hydroxylation is 2. The standard InChI is InChI=1S/C26H23N5O2/c1-3-10-24-20(7-1)14-15-22(27-24)17-32-23-9-5-6-19(16-23)12-13-21-8-2-4-11-25(21)33-18-26-28-30-31-29-26/h1-11,14-16H,12-13,17-18H2,(H,28,29,30,31). The molecular formula is C26H23N5O2. The van der Waals surface area contributed by atoms with Crippen molar-refractivity contribution in [3.05, 3.63) is 108 Å². The third kappa shape index (κ3) is 5.33. The van der Waals surface area contributed by atoms with E-state index in [-0.39, 0.29) is 6.61 Å². The Balaban J connectivity index is 1.20. The topological polar surface area (TPSA) is 85.8 Å². The molecule has 0 radical (unpaired) electrons. The number of aromatic amines is 1. The second-order valence-corrected chi connectivity index (χ2v) is 7.66. The van der Waals surface area contributed by atoms with Crippen molar-refractivity contribution in [2.24, 2.45) is 0 Å². The van der Waals surface area contributed by atoms with Crippen molar-refractivity contribution >= 4 is 10.9 Å². The van der Waals surface area contributed by atoms with Crippen molar-refractivity contribution in [1.29, 1.82) is 0 Å². The highest BCUT2D eigenvalue weighted by Crippen LogP contribution is 2.22. The number of hydrogen-bond donors (Lipinski definition) is 1. The molecule has 0 aliphatic carbocycles. The Morgan fingerprint density at radius 2 is 1.67 bits per heavy atom. The largest absolute Gasteiger partial charge is 0.487 e. The number of pyridine rings is 1. The van der Waals surface area contributed by atoms with Gasteiger partial charge >= 0.3 is 0 Å². The van der Waals surface area contributed by atoms with Gasteiger partial charge in [0.15, 0.2) is 6.61 Å². The molecular weight excluding hydrogens is 414 g/mol. The number of tetrazole rings is 1. The van der Waals surface area contributed by atoms with Gasteiger partial charge in [-0.1, -0.05) is 59.8 Å². The third-order valence-electron chi connectivity index (χ3n) is 5.34. The molecule has 0 unspecified atom stereocenters. The van der Waals surface area contributed by atoms with Crippen LogP contribution in [-0.4, -0.2) is 25.6 Å². The van der Waals surface area contributed by atoms with E-state index in [1.54, 1.807) is 0 Å². The first-order chi connectivity index (χ1) is 16.3. The number of nitrogens with zero attached hydrogens (tertiary/aromatic N) is 4. The van der Waals surface area contributed by atoms with Crippen LogP contribution in [0.3, 0.4) is 0 Å². The Bertz CT molecular complexity index is 1340. The van der Waals surface area contributed by atoms with E-state index in [1.807, 2.05) is 54.6 Å². The summed E-state index contributed by atoms with van der Waals surface area (Å²) in [7, 11) is 0. The number of aromatic nitrogens is 5. The van der Waals surface area contributed by atoms with Gasteiger partial charge in [-0.15, -0.1) is 10.2 Å². The monoisotopic (exact) mass is 437 g/mol. The minimum atomic E-state index is 0.277. The molecule has 3 aromatic carbocycles. The third-order valence-corrected chi connectivity index (χ3v) is 5.34. The normalized spacial score (nSPS) is 10.9. The predicted octanol–water partition coefficient (Wildman–Crippen LogP) is 4.69. The summed E-state index contributed by atoms with van der Waals surface area (Å²) in [6.07, 6.45) is 1.71. The fraction of sp³-hybridized carbons (Fsp3) is 0.154. The van der Waals surface area contributed by atoms with Gasteiger partial charge < -0.3 is 9.47 Å². The predicted molar refractivity (Wildman–Crippen MR) is 125 cm³/mol. The Morgan fingerprint density at radius 3 is 2.61 bits per heavy atom. The van der Waals surface area contributed by atoms with E-state index in [0.29, 0.717) is 12.4 Å². The summed E-state index contributed by atoms with van der Waals surface area (Å²) in [5.74, 6) is 2.19. The molecule has 0 fully saturated rings. The zero-order valence-electron chi connectivity index (χ0n) is 18.0. The molecule has 7 nitrogen and oxygen atoms in total. The first-order valence-corrected chi connectivity index (χ1v) is 10.8. The van der Waals surface area contributed by atoms with E-state index in [1.165, 1.54) is 5.56 Å². The summed E-state index contributed by atoms with van der Waals surface area (Å²) >= 11 is 0. The summed E-state index contributed by atoms with van der Waals surface area (Å²) < 4.78 is 11.9. The van der Waals surface area contributed by atoms with E-state index in [9.17, 15) is 0 Å². The number of hydrogen-bond acceptors (Lipinski definition) is 6. The van der Waals surface area contributed by atoms with Crippen LogP contribution in [-0.2, 0) is 26.1 Å². The van der Waals surface area contributed by atoms with Gasteiger partial charge in [0.2, 0.25) is 5.82 Å². The summed E-state index contributed by atoms with van der Waals surface area (Å²) in [6.45, 7) is 0.709. The van der Waals surface area contributed by atoms with Crippen LogP contribution < -0.4 is 9.47 Å². The first kappa shape index (κ1) is 20.6. The zero-order valence-corrected chi connectivity index (χ0v) is 18.0. The van der Waals surface area contributed by atoms with Crippen molar-refractivity contribution in [2.45, 2.75) is 26.1 Å². The highest BCUT2D eigenvalue weighted by Gasteiger charge is 2.07. The molecule has 2 heterocycles. The fourth-order valence-corrected chi connectivity index (χ4v) is 3.65. The molecule has 33 heavy (non-hydrogen) atoms. The number of fused-ring (bicyclic) bond motifs is 1. The van der Waals surface area contributed by atoms with Crippen molar-refractivity contribution in [1.82, 2.24) is 25.6 Å². The number of H-pyrrole nitrogens is 1. The van der Waals surface area contributed by atoms with Crippen LogP contribution in [0.25, 0.3) is 10.9 Å². The maximum absolute atomic E-state index is 6.03. The second kappa shape index (κ2) is 9.91. The van der Waals surface area contributed by atoms with Crippen LogP contribution in [0.15, 0.2) is 84.9 Å². The van der Waals surface area contributed by atoms with Gasteiger partial charge in [0, 0.05) is 5.39 Å². The molecule has 0 amide bonds. The van der Waals surface area contributed by atoms with E-state index in [4.69, 9.17) is 9.47 Å². The molecule has 0 saturated heterocycles. The maximum atomic E-state index is 6.03. The van der Waals surface area contributed by atoms with Crippen LogP contribution in [0.2, 0.25) is 0 Å². The smallest absolute Gasteiger partial charge is 0.211 e. The maximum Gasteiger partial charge on any atom is 0.211 e.